The van der Waals surface area contributed by atoms with Crippen molar-refractivity contribution in [3.05, 3.63) is 30.1 Å². The van der Waals surface area contributed by atoms with E-state index >= 15 is 0 Å². The molecule has 20 heavy (non-hydrogen) atoms. The fourth-order valence-corrected chi connectivity index (χ4v) is 3.86. The molecule has 1 aliphatic carbocycles. The lowest BCUT2D eigenvalue weighted by atomic mass is 10.1. The average molecular weight is 293 g/mol. The van der Waals surface area contributed by atoms with Crippen LogP contribution in [0.3, 0.4) is 0 Å². The van der Waals surface area contributed by atoms with Crippen molar-refractivity contribution in [3.8, 4) is 0 Å². The van der Waals surface area contributed by atoms with E-state index in [2.05, 4.69) is 14.7 Å². The maximum atomic E-state index is 12.4. The Hall–Kier alpha value is -1.40. The van der Waals surface area contributed by atoms with Crippen LogP contribution >= 0.6 is 0 Å². The van der Waals surface area contributed by atoms with Crippen molar-refractivity contribution in [2.75, 3.05) is 0 Å². The molecule has 0 saturated heterocycles. The number of rotatable bonds is 4. The highest BCUT2D eigenvalue weighted by Crippen LogP contribution is 2.43. The molecule has 0 aliphatic heterocycles. The quantitative estimate of drug-likeness (QED) is 0.908. The first-order valence-corrected chi connectivity index (χ1v) is 8.21. The smallest absolute Gasteiger partial charge is 0.217 e. The Kier molecular flexibility index (Phi) is 2.75. The molecule has 5 nitrogen and oxygen atoms in total. The zero-order valence-electron chi connectivity index (χ0n) is 11.9. The number of nitrogens with one attached hydrogen (secondary N) is 2. The van der Waals surface area contributed by atoms with Crippen LogP contribution in [0.15, 0.2) is 24.3 Å². The highest BCUT2D eigenvalue weighted by Gasteiger charge is 2.51. The maximum absolute atomic E-state index is 12.4. The third kappa shape index (κ3) is 2.13. The molecule has 1 aliphatic rings. The van der Waals surface area contributed by atoms with Crippen LogP contribution in [-0.4, -0.2) is 23.1 Å². The van der Waals surface area contributed by atoms with E-state index in [-0.39, 0.29) is 0 Å². The Morgan fingerprint density at radius 1 is 1.30 bits per heavy atom. The lowest BCUT2D eigenvalue weighted by molar-refractivity contribution is 0.446. The summed E-state index contributed by atoms with van der Waals surface area (Å²) < 4.78 is 26.9. The standard InChI is InChI=1S/C14H19N3O2S/c1-13(2,17-20(18,19)14(3)8-9-14)12-15-10-6-4-5-7-11(10)16-12/h4-7,17H,8-9H2,1-3H3,(H,15,16). The molecule has 1 fully saturated rings. The largest absolute Gasteiger partial charge is 0.340 e. The summed E-state index contributed by atoms with van der Waals surface area (Å²) >= 11 is 0. The molecule has 0 amide bonds. The number of nitrogens with zero attached hydrogens (tertiary/aromatic N) is 1. The van der Waals surface area contributed by atoms with E-state index in [1.165, 1.54) is 0 Å². The minimum Gasteiger partial charge on any atom is -0.340 e. The van der Waals surface area contributed by atoms with Crippen LogP contribution in [0, 0.1) is 0 Å². The fourth-order valence-electron chi connectivity index (χ4n) is 2.20. The second-order valence-corrected chi connectivity index (χ2v) is 8.48. The normalized spacial score (nSPS) is 18.4. The molecule has 6 heteroatoms. The van der Waals surface area contributed by atoms with Crippen molar-refractivity contribution in [2.24, 2.45) is 0 Å². The lowest BCUT2D eigenvalue weighted by Gasteiger charge is -2.26. The molecule has 2 aromatic rings. The third-order valence-corrected chi connectivity index (χ3v) is 6.46. The van der Waals surface area contributed by atoms with Gasteiger partial charge in [0.25, 0.3) is 0 Å². The van der Waals surface area contributed by atoms with Gasteiger partial charge in [0.15, 0.2) is 0 Å². The number of fused-ring (bicyclic) bond motifs is 1. The lowest BCUT2D eigenvalue weighted by Crippen LogP contribution is -2.46. The van der Waals surface area contributed by atoms with E-state index in [0.717, 1.165) is 23.9 Å². The summed E-state index contributed by atoms with van der Waals surface area (Å²) in [6, 6.07) is 7.67. The molecular formula is C14H19N3O2S. The van der Waals surface area contributed by atoms with Gasteiger partial charge in [0.2, 0.25) is 10.0 Å². The topological polar surface area (TPSA) is 74.8 Å². The van der Waals surface area contributed by atoms with E-state index in [1.807, 2.05) is 38.1 Å². The molecule has 0 unspecified atom stereocenters. The Morgan fingerprint density at radius 3 is 2.55 bits per heavy atom. The van der Waals surface area contributed by atoms with Gasteiger partial charge in [-0.25, -0.2) is 18.1 Å². The van der Waals surface area contributed by atoms with Crippen molar-refractivity contribution >= 4 is 21.1 Å². The monoisotopic (exact) mass is 293 g/mol. The van der Waals surface area contributed by atoms with Crippen LogP contribution in [0.4, 0.5) is 0 Å². The Labute approximate surface area is 118 Å². The Bertz CT molecular complexity index is 725. The van der Waals surface area contributed by atoms with Gasteiger partial charge in [0.1, 0.15) is 5.82 Å². The first-order chi connectivity index (χ1) is 9.24. The van der Waals surface area contributed by atoms with Crippen molar-refractivity contribution in [1.82, 2.24) is 14.7 Å². The van der Waals surface area contributed by atoms with E-state index in [4.69, 9.17) is 0 Å². The first kappa shape index (κ1) is 13.6. The van der Waals surface area contributed by atoms with E-state index in [0.29, 0.717) is 5.82 Å². The molecule has 108 valence electrons. The van der Waals surface area contributed by atoms with Crippen molar-refractivity contribution < 1.29 is 8.42 Å². The zero-order valence-corrected chi connectivity index (χ0v) is 12.7. The van der Waals surface area contributed by atoms with Crippen LogP contribution in [0.1, 0.15) is 39.4 Å². The third-order valence-electron chi connectivity index (χ3n) is 3.97. The number of para-hydroxylation sites is 2. The van der Waals surface area contributed by atoms with Crippen LogP contribution in [0.25, 0.3) is 11.0 Å². The van der Waals surface area contributed by atoms with Gasteiger partial charge < -0.3 is 4.98 Å². The number of aromatic amines is 1. The summed E-state index contributed by atoms with van der Waals surface area (Å²) in [5, 5.41) is 0. The number of aromatic nitrogens is 2. The van der Waals surface area contributed by atoms with Crippen LogP contribution < -0.4 is 4.72 Å². The highest BCUT2D eigenvalue weighted by atomic mass is 32.2. The minimum atomic E-state index is -3.34. The number of hydrogen-bond acceptors (Lipinski definition) is 3. The van der Waals surface area contributed by atoms with Gasteiger partial charge in [-0.05, 0) is 45.7 Å². The van der Waals surface area contributed by atoms with E-state index in [1.54, 1.807) is 6.92 Å². The summed E-state index contributed by atoms with van der Waals surface area (Å²) in [6.07, 6.45) is 1.44. The summed E-state index contributed by atoms with van der Waals surface area (Å²) in [5.74, 6) is 0.631. The van der Waals surface area contributed by atoms with Crippen molar-refractivity contribution in [2.45, 2.75) is 43.9 Å². The minimum absolute atomic E-state index is 0.615. The molecule has 1 heterocycles. The maximum Gasteiger partial charge on any atom is 0.217 e. The van der Waals surface area contributed by atoms with Gasteiger partial charge in [-0.3, -0.25) is 0 Å². The fraction of sp³-hybridized carbons (Fsp3) is 0.500. The number of hydrogen-bond donors (Lipinski definition) is 2. The number of sulfonamides is 1. The molecular weight excluding hydrogens is 274 g/mol. The summed E-state index contributed by atoms with van der Waals surface area (Å²) in [6.45, 7) is 5.44. The molecule has 2 N–H and O–H groups in total. The van der Waals surface area contributed by atoms with Gasteiger partial charge in [-0.1, -0.05) is 12.1 Å². The van der Waals surface area contributed by atoms with Crippen molar-refractivity contribution in [3.63, 3.8) is 0 Å². The predicted octanol–water partition coefficient (Wildman–Crippen LogP) is 2.27. The molecule has 1 saturated carbocycles. The van der Waals surface area contributed by atoms with Gasteiger partial charge in [-0.15, -0.1) is 0 Å². The molecule has 0 spiro atoms. The van der Waals surface area contributed by atoms with Gasteiger partial charge in [-0.2, -0.15) is 0 Å². The second kappa shape index (κ2) is 4.05. The molecule has 1 aromatic carbocycles. The number of benzene rings is 1. The SMILES string of the molecule is CC(C)(NS(=O)(=O)C1(C)CC1)c1nc2ccccc2[nH]1. The molecule has 0 radical (unpaired) electrons. The first-order valence-electron chi connectivity index (χ1n) is 6.72. The molecule has 3 rings (SSSR count). The molecule has 0 atom stereocenters. The Morgan fingerprint density at radius 2 is 1.95 bits per heavy atom. The number of H-pyrrole nitrogens is 1. The zero-order chi connectivity index (χ0) is 14.6. The van der Waals surface area contributed by atoms with Crippen LogP contribution in [0.5, 0.6) is 0 Å². The molecule has 0 bridgehead atoms. The summed E-state index contributed by atoms with van der Waals surface area (Å²) in [7, 11) is -3.34. The van der Waals surface area contributed by atoms with Gasteiger partial charge in [0, 0.05) is 0 Å². The average Bonchev–Trinajstić information content (AvgIpc) is 2.96. The molecule has 1 aromatic heterocycles. The van der Waals surface area contributed by atoms with E-state index in [9.17, 15) is 8.42 Å². The van der Waals surface area contributed by atoms with Crippen LogP contribution in [0.2, 0.25) is 0 Å². The van der Waals surface area contributed by atoms with Crippen LogP contribution in [-0.2, 0) is 15.6 Å². The Balaban J connectivity index is 1.95. The summed E-state index contributed by atoms with van der Waals surface area (Å²) in [5.41, 5.74) is 0.989. The predicted molar refractivity (Wildman–Crippen MR) is 78.8 cm³/mol. The summed E-state index contributed by atoms with van der Waals surface area (Å²) in [4.78, 5) is 7.68. The van der Waals surface area contributed by atoms with E-state index < -0.39 is 20.3 Å². The highest BCUT2D eigenvalue weighted by molar-refractivity contribution is 7.91. The van der Waals surface area contributed by atoms with Gasteiger partial charge >= 0.3 is 0 Å². The number of imidazole rings is 1. The van der Waals surface area contributed by atoms with Crippen molar-refractivity contribution in [1.29, 1.82) is 0 Å². The second-order valence-electron chi connectivity index (χ2n) is 6.28. The van der Waals surface area contributed by atoms with Gasteiger partial charge in [0.05, 0.1) is 21.3 Å².